The Kier molecular flexibility index (Phi) is 3.27. The van der Waals surface area contributed by atoms with Gasteiger partial charge in [-0.25, -0.2) is 0 Å². The summed E-state index contributed by atoms with van der Waals surface area (Å²) in [5.41, 5.74) is 1.62. The highest BCUT2D eigenvalue weighted by Gasteiger charge is 2.39. The Hall–Kier alpha value is -1.91. The van der Waals surface area contributed by atoms with E-state index in [0.29, 0.717) is 30.8 Å². The van der Waals surface area contributed by atoms with Crippen molar-refractivity contribution in [1.29, 1.82) is 0 Å². The molecule has 0 fully saturated rings. The topological polar surface area (TPSA) is 76.0 Å². The molecule has 0 amide bonds. The van der Waals surface area contributed by atoms with Gasteiger partial charge in [0.25, 0.3) is 0 Å². The van der Waals surface area contributed by atoms with E-state index < -0.39 is 11.4 Å². The second-order valence-corrected chi connectivity index (χ2v) is 7.07. The first-order chi connectivity index (χ1) is 10.2. The van der Waals surface area contributed by atoms with Crippen molar-refractivity contribution < 1.29 is 24.5 Å². The van der Waals surface area contributed by atoms with Crippen molar-refractivity contribution in [2.24, 2.45) is 5.41 Å². The molecule has 22 heavy (non-hydrogen) atoms. The van der Waals surface area contributed by atoms with Crippen LogP contribution in [0.3, 0.4) is 0 Å². The lowest BCUT2D eigenvalue weighted by atomic mass is 9.82. The number of carboxylic acid groups (broad SMARTS) is 1. The molecule has 120 valence electrons. The zero-order valence-electron chi connectivity index (χ0n) is 13.4. The third-order valence-electron chi connectivity index (χ3n) is 4.51. The molecule has 2 atom stereocenters. The van der Waals surface area contributed by atoms with Crippen LogP contribution < -0.4 is 9.47 Å². The summed E-state index contributed by atoms with van der Waals surface area (Å²) in [6.07, 6.45) is 1.60. The molecule has 2 aliphatic rings. The van der Waals surface area contributed by atoms with E-state index in [9.17, 15) is 15.0 Å². The third-order valence-corrected chi connectivity index (χ3v) is 4.51. The van der Waals surface area contributed by atoms with E-state index in [2.05, 4.69) is 0 Å². The number of phenols is 1. The maximum absolute atomic E-state index is 11.5. The minimum absolute atomic E-state index is 0.0208. The molecule has 5 nitrogen and oxygen atoms in total. The van der Waals surface area contributed by atoms with Gasteiger partial charge < -0.3 is 19.7 Å². The highest BCUT2D eigenvalue weighted by molar-refractivity contribution is 5.75. The standard InChI is InChI=1S/C17H22O5/c1-8-5-10-12(7-17(3,4)16(19)20)14-11(6-9(2)21-14)13(18)15(10)22-8/h8-9,18H,5-7H2,1-4H3,(H,19,20). The predicted molar refractivity (Wildman–Crippen MR) is 80.8 cm³/mol. The van der Waals surface area contributed by atoms with E-state index in [-0.39, 0.29) is 18.0 Å². The molecule has 0 aliphatic carbocycles. The number of carbonyl (C=O) groups is 1. The summed E-state index contributed by atoms with van der Waals surface area (Å²) in [6, 6.07) is 0. The summed E-state index contributed by atoms with van der Waals surface area (Å²) in [7, 11) is 0. The van der Waals surface area contributed by atoms with Gasteiger partial charge in [0.05, 0.1) is 5.41 Å². The van der Waals surface area contributed by atoms with Gasteiger partial charge in [-0.05, 0) is 34.1 Å². The maximum atomic E-state index is 11.5. The van der Waals surface area contributed by atoms with Crippen LogP contribution in [-0.2, 0) is 24.1 Å². The number of hydrogen-bond donors (Lipinski definition) is 2. The lowest BCUT2D eigenvalue weighted by Crippen LogP contribution is -2.27. The van der Waals surface area contributed by atoms with Crippen LogP contribution in [0.25, 0.3) is 0 Å². The van der Waals surface area contributed by atoms with E-state index in [1.165, 1.54) is 0 Å². The van der Waals surface area contributed by atoms with E-state index in [1.54, 1.807) is 13.8 Å². The summed E-state index contributed by atoms with van der Waals surface area (Å²) in [5, 5.41) is 19.9. The van der Waals surface area contributed by atoms with Gasteiger partial charge in [0.15, 0.2) is 11.5 Å². The van der Waals surface area contributed by atoms with Gasteiger partial charge in [-0.1, -0.05) is 0 Å². The number of rotatable bonds is 3. The quantitative estimate of drug-likeness (QED) is 0.898. The predicted octanol–water partition coefficient (Wildman–Crippen LogP) is 2.69. The molecule has 0 aromatic heterocycles. The van der Waals surface area contributed by atoms with Crippen molar-refractivity contribution in [3.63, 3.8) is 0 Å². The molecular weight excluding hydrogens is 284 g/mol. The number of aromatic hydroxyl groups is 1. The van der Waals surface area contributed by atoms with Crippen LogP contribution in [0, 0.1) is 5.41 Å². The zero-order chi connectivity index (χ0) is 16.2. The Morgan fingerprint density at radius 1 is 1.14 bits per heavy atom. The molecule has 3 rings (SSSR count). The molecular formula is C17H22O5. The molecule has 0 radical (unpaired) electrons. The Labute approximate surface area is 129 Å². The van der Waals surface area contributed by atoms with Gasteiger partial charge in [-0.3, -0.25) is 4.79 Å². The molecule has 0 spiro atoms. The second kappa shape index (κ2) is 4.80. The summed E-state index contributed by atoms with van der Waals surface area (Å²) >= 11 is 0. The minimum Gasteiger partial charge on any atom is -0.504 e. The molecule has 2 aliphatic heterocycles. The molecule has 0 saturated heterocycles. The van der Waals surface area contributed by atoms with Crippen LogP contribution in [0.5, 0.6) is 17.2 Å². The first-order valence-corrected chi connectivity index (χ1v) is 7.67. The Balaban J connectivity index is 2.16. The van der Waals surface area contributed by atoms with Crippen molar-refractivity contribution in [1.82, 2.24) is 0 Å². The van der Waals surface area contributed by atoms with Gasteiger partial charge >= 0.3 is 5.97 Å². The highest BCUT2D eigenvalue weighted by Crippen LogP contribution is 2.51. The minimum atomic E-state index is -0.903. The van der Waals surface area contributed by atoms with Crippen LogP contribution in [-0.4, -0.2) is 28.4 Å². The zero-order valence-corrected chi connectivity index (χ0v) is 13.4. The molecule has 1 aromatic carbocycles. The summed E-state index contributed by atoms with van der Waals surface area (Å²) < 4.78 is 11.7. The average molecular weight is 306 g/mol. The summed E-state index contributed by atoms with van der Waals surface area (Å²) in [4.78, 5) is 11.5. The number of carboxylic acids is 1. The Morgan fingerprint density at radius 3 is 2.27 bits per heavy atom. The fourth-order valence-corrected chi connectivity index (χ4v) is 3.28. The smallest absolute Gasteiger partial charge is 0.309 e. The van der Waals surface area contributed by atoms with Crippen LogP contribution in [0.15, 0.2) is 0 Å². The van der Waals surface area contributed by atoms with Crippen molar-refractivity contribution in [3.05, 3.63) is 16.7 Å². The van der Waals surface area contributed by atoms with Crippen LogP contribution in [0.1, 0.15) is 44.4 Å². The summed E-state index contributed by atoms with van der Waals surface area (Å²) in [5.74, 6) is 0.493. The van der Waals surface area contributed by atoms with Gasteiger partial charge in [0.1, 0.15) is 18.0 Å². The Bertz CT molecular complexity index is 608. The summed E-state index contributed by atoms with van der Waals surface area (Å²) in [6.45, 7) is 7.30. The SMILES string of the molecule is CC1Cc2c(CC(C)(C)C(=O)O)c3c(c(O)c2O1)CC(C)O3. The van der Waals surface area contributed by atoms with Crippen molar-refractivity contribution in [2.45, 2.75) is 59.2 Å². The molecule has 5 heteroatoms. The number of phenolic OH excluding ortho intramolecular Hbond substituents is 1. The van der Waals surface area contributed by atoms with Crippen LogP contribution >= 0.6 is 0 Å². The molecule has 2 N–H and O–H groups in total. The van der Waals surface area contributed by atoms with Gasteiger partial charge in [-0.2, -0.15) is 0 Å². The number of ether oxygens (including phenoxy) is 2. The highest BCUT2D eigenvalue weighted by atomic mass is 16.5. The largest absolute Gasteiger partial charge is 0.504 e. The first kappa shape index (κ1) is 15.0. The number of benzene rings is 1. The van der Waals surface area contributed by atoms with E-state index in [0.717, 1.165) is 16.7 Å². The van der Waals surface area contributed by atoms with Crippen molar-refractivity contribution in [3.8, 4) is 17.2 Å². The lowest BCUT2D eigenvalue weighted by Gasteiger charge is -2.23. The number of fused-ring (bicyclic) bond motifs is 2. The van der Waals surface area contributed by atoms with Gasteiger partial charge in [0.2, 0.25) is 0 Å². The van der Waals surface area contributed by atoms with Crippen molar-refractivity contribution in [2.75, 3.05) is 0 Å². The monoisotopic (exact) mass is 306 g/mol. The van der Waals surface area contributed by atoms with Crippen LogP contribution in [0.2, 0.25) is 0 Å². The van der Waals surface area contributed by atoms with E-state index >= 15 is 0 Å². The van der Waals surface area contributed by atoms with Crippen LogP contribution in [0.4, 0.5) is 0 Å². The number of aliphatic carboxylic acids is 1. The molecule has 2 heterocycles. The molecule has 0 bridgehead atoms. The maximum Gasteiger partial charge on any atom is 0.309 e. The Morgan fingerprint density at radius 2 is 1.68 bits per heavy atom. The van der Waals surface area contributed by atoms with E-state index in [4.69, 9.17) is 9.47 Å². The fourth-order valence-electron chi connectivity index (χ4n) is 3.28. The number of hydrogen-bond acceptors (Lipinski definition) is 4. The fraction of sp³-hybridized carbons (Fsp3) is 0.588. The normalized spacial score (nSPS) is 22.7. The lowest BCUT2D eigenvalue weighted by molar-refractivity contribution is -0.146. The first-order valence-electron chi connectivity index (χ1n) is 7.67. The molecule has 0 saturated carbocycles. The van der Waals surface area contributed by atoms with E-state index in [1.807, 2.05) is 13.8 Å². The van der Waals surface area contributed by atoms with Gasteiger partial charge in [-0.15, -0.1) is 0 Å². The van der Waals surface area contributed by atoms with Gasteiger partial charge in [0, 0.05) is 29.5 Å². The average Bonchev–Trinajstić information content (AvgIpc) is 2.97. The van der Waals surface area contributed by atoms with Crippen molar-refractivity contribution >= 4 is 5.97 Å². The second-order valence-electron chi connectivity index (χ2n) is 7.07. The third kappa shape index (κ3) is 2.19. The molecule has 1 aromatic rings. The molecule has 2 unspecified atom stereocenters.